The first-order valence-electron chi connectivity index (χ1n) is 11.4. The van der Waals surface area contributed by atoms with Crippen molar-refractivity contribution in [3.8, 4) is 0 Å². The fourth-order valence-electron chi connectivity index (χ4n) is 3.58. The highest BCUT2D eigenvalue weighted by Crippen LogP contribution is 2.15. The predicted octanol–water partition coefficient (Wildman–Crippen LogP) is 6.53. The van der Waals surface area contributed by atoms with Crippen LogP contribution in [0.15, 0.2) is 0 Å². The fourth-order valence-corrected chi connectivity index (χ4v) is 5.28. The minimum absolute atomic E-state index is 0.0102. The minimum atomic E-state index is -3.49. The van der Waals surface area contributed by atoms with Crippen LogP contribution in [0.3, 0.4) is 0 Å². The number of rotatable bonds is 20. The molecule has 162 valence electrons. The van der Waals surface area contributed by atoms with Gasteiger partial charge in [-0.25, -0.2) is 8.42 Å². The first kappa shape index (κ1) is 26.4. The first-order chi connectivity index (χ1) is 13.0. The van der Waals surface area contributed by atoms with Crippen LogP contribution in [0.5, 0.6) is 0 Å². The largest absolute Gasteiger partial charge is 0.480 e. The molecule has 0 fully saturated rings. The van der Waals surface area contributed by atoms with Crippen LogP contribution in [-0.2, 0) is 14.6 Å². The van der Waals surface area contributed by atoms with Crippen LogP contribution in [0.2, 0.25) is 0 Å². The zero-order valence-corrected chi connectivity index (χ0v) is 18.7. The van der Waals surface area contributed by atoms with E-state index in [0.29, 0.717) is 6.42 Å². The van der Waals surface area contributed by atoms with E-state index in [1.807, 2.05) is 0 Å². The Balaban J connectivity index is 3.40. The van der Waals surface area contributed by atoms with E-state index in [2.05, 4.69) is 6.92 Å². The van der Waals surface area contributed by atoms with Gasteiger partial charge in [0.15, 0.2) is 15.1 Å². The summed E-state index contributed by atoms with van der Waals surface area (Å²) in [5.41, 5.74) is 0. The van der Waals surface area contributed by atoms with E-state index in [4.69, 9.17) is 5.11 Å². The second-order valence-corrected chi connectivity index (χ2v) is 10.2. The summed E-state index contributed by atoms with van der Waals surface area (Å²) < 4.78 is 23.9. The standard InChI is InChI=1S/C22H44O4S/c1-3-5-6-7-8-9-10-11-12-13-14-15-16-17-18-19-20-27(25,26)21(4-2)22(23)24/h21H,3-20H2,1-2H3,(H,23,24). The predicted molar refractivity (Wildman–Crippen MR) is 115 cm³/mol. The van der Waals surface area contributed by atoms with E-state index in [1.54, 1.807) is 6.92 Å². The Morgan fingerprint density at radius 3 is 1.30 bits per heavy atom. The number of carbonyl (C=O) groups is 1. The molecule has 0 aromatic carbocycles. The molecule has 0 spiro atoms. The maximum absolute atomic E-state index is 12.0. The summed E-state index contributed by atoms with van der Waals surface area (Å²) in [6.45, 7) is 3.87. The molecule has 4 nitrogen and oxygen atoms in total. The van der Waals surface area contributed by atoms with Gasteiger partial charge in [-0.05, 0) is 12.8 Å². The Kier molecular flexibility index (Phi) is 17.1. The van der Waals surface area contributed by atoms with Crippen LogP contribution in [0.25, 0.3) is 0 Å². The van der Waals surface area contributed by atoms with Crippen LogP contribution in [0.1, 0.15) is 123 Å². The van der Waals surface area contributed by atoms with Gasteiger partial charge in [-0.1, -0.05) is 110 Å². The summed E-state index contributed by atoms with van der Waals surface area (Å²) in [4.78, 5) is 11.0. The number of carboxylic acid groups (broad SMARTS) is 1. The molecular formula is C22H44O4S. The Bertz CT molecular complexity index is 445. The lowest BCUT2D eigenvalue weighted by Crippen LogP contribution is -2.31. The number of unbranched alkanes of at least 4 members (excludes halogenated alkanes) is 15. The van der Waals surface area contributed by atoms with Crippen LogP contribution in [0, 0.1) is 0 Å². The Hall–Kier alpha value is -0.580. The molecule has 0 heterocycles. The van der Waals surface area contributed by atoms with Gasteiger partial charge in [0.2, 0.25) is 0 Å². The van der Waals surface area contributed by atoms with Crippen molar-refractivity contribution in [2.75, 3.05) is 5.75 Å². The lowest BCUT2D eigenvalue weighted by atomic mass is 10.0. The third-order valence-corrected chi connectivity index (χ3v) is 7.62. The molecule has 0 bridgehead atoms. The van der Waals surface area contributed by atoms with Crippen molar-refractivity contribution in [3.05, 3.63) is 0 Å². The van der Waals surface area contributed by atoms with Gasteiger partial charge in [-0.15, -0.1) is 0 Å². The molecular weight excluding hydrogens is 360 g/mol. The molecule has 0 aromatic heterocycles. The summed E-state index contributed by atoms with van der Waals surface area (Å²) in [6.07, 6.45) is 20.1. The molecule has 0 aromatic rings. The van der Waals surface area contributed by atoms with Crippen LogP contribution in [-0.4, -0.2) is 30.5 Å². The van der Waals surface area contributed by atoms with Gasteiger partial charge in [-0.2, -0.15) is 0 Å². The summed E-state index contributed by atoms with van der Waals surface area (Å²) in [5, 5.41) is 7.74. The monoisotopic (exact) mass is 404 g/mol. The van der Waals surface area contributed by atoms with Gasteiger partial charge in [0.25, 0.3) is 0 Å². The van der Waals surface area contributed by atoms with E-state index in [9.17, 15) is 13.2 Å². The SMILES string of the molecule is CCCCCCCCCCCCCCCCCCS(=O)(=O)C(CC)C(=O)O. The van der Waals surface area contributed by atoms with Crippen molar-refractivity contribution in [1.82, 2.24) is 0 Å². The molecule has 0 amide bonds. The molecule has 5 heteroatoms. The highest BCUT2D eigenvalue weighted by atomic mass is 32.2. The number of aliphatic carboxylic acids is 1. The van der Waals surface area contributed by atoms with Gasteiger partial charge < -0.3 is 5.11 Å². The van der Waals surface area contributed by atoms with Crippen LogP contribution in [0.4, 0.5) is 0 Å². The lowest BCUT2D eigenvalue weighted by molar-refractivity contribution is -0.136. The molecule has 1 N–H and O–H groups in total. The molecule has 1 atom stereocenters. The van der Waals surface area contributed by atoms with Gasteiger partial charge in [0.05, 0.1) is 5.75 Å². The van der Waals surface area contributed by atoms with Crippen molar-refractivity contribution in [3.63, 3.8) is 0 Å². The summed E-state index contributed by atoms with van der Waals surface area (Å²) in [7, 11) is -3.49. The maximum Gasteiger partial charge on any atom is 0.321 e. The van der Waals surface area contributed by atoms with Gasteiger partial charge in [0.1, 0.15) is 0 Å². The number of sulfone groups is 1. The third kappa shape index (κ3) is 15.1. The summed E-state index contributed by atoms with van der Waals surface area (Å²) in [6, 6.07) is 0. The van der Waals surface area contributed by atoms with Crippen LogP contribution < -0.4 is 0 Å². The lowest BCUT2D eigenvalue weighted by Gasteiger charge is -2.11. The molecule has 0 radical (unpaired) electrons. The number of carboxylic acids is 1. The average molecular weight is 405 g/mol. The molecule has 0 rings (SSSR count). The van der Waals surface area contributed by atoms with Crippen molar-refractivity contribution in [2.24, 2.45) is 0 Å². The molecule has 27 heavy (non-hydrogen) atoms. The second-order valence-electron chi connectivity index (χ2n) is 7.91. The number of hydrogen-bond donors (Lipinski definition) is 1. The zero-order valence-electron chi connectivity index (χ0n) is 17.9. The molecule has 0 aliphatic heterocycles. The Morgan fingerprint density at radius 2 is 1.00 bits per heavy atom. The quantitative estimate of drug-likeness (QED) is 0.234. The fraction of sp³-hybridized carbons (Fsp3) is 0.955. The van der Waals surface area contributed by atoms with Gasteiger partial charge >= 0.3 is 5.97 Å². The molecule has 1 unspecified atom stereocenters. The highest BCUT2D eigenvalue weighted by Gasteiger charge is 2.29. The van der Waals surface area contributed by atoms with Crippen molar-refractivity contribution >= 4 is 15.8 Å². The molecule has 0 saturated heterocycles. The normalized spacial score (nSPS) is 13.0. The minimum Gasteiger partial charge on any atom is -0.480 e. The van der Waals surface area contributed by atoms with Crippen molar-refractivity contribution < 1.29 is 18.3 Å². The van der Waals surface area contributed by atoms with E-state index in [1.165, 1.54) is 77.0 Å². The maximum atomic E-state index is 12.0. The molecule has 0 aliphatic carbocycles. The Labute approximate surface area is 168 Å². The highest BCUT2D eigenvalue weighted by molar-refractivity contribution is 7.92. The molecule has 0 aliphatic rings. The van der Waals surface area contributed by atoms with Crippen LogP contribution >= 0.6 is 0 Å². The van der Waals surface area contributed by atoms with E-state index < -0.39 is 21.1 Å². The van der Waals surface area contributed by atoms with Crippen molar-refractivity contribution in [2.45, 2.75) is 128 Å². The van der Waals surface area contributed by atoms with Crippen molar-refractivity contribution in [1.29, 1.82) is 0 Å². The second kappa shape index (κ2) is 17.5. The zero-order chi connectivity index (χ0) is 20.4. The summed E-state index contributed by atoms with van der Waals surface area (Å²) in [5.74, 6) is -1.20. The molecule has 0 saturated carbocycles. The van der Waals surface area contributed by atoms with Gasteiger partial charge in [0, 0.05) is 0 Å². The van der Waals surface area contributed by atoms with E-state index in [0.717, 1.165) is 19.3 Å². The Morgan fingerprint density at radius 1 is 0.667 bits per heavy atom. The smallest absolute Gasteiger partial charge is 0.321 e. The number of hydrogen-bond acceptors (Lipinski definition) is 3. The topological polar surface area (TPSA) is 71.4 Å². The van der Waals surface area contributed by atoms with E-state index in [-0.39, 0.29) is 12.2 Å². The first-order valence-corrected chi connectivity index (χ1v) is 13.1. The average Bonchev–Trinajstić information content (AvgIpc) is 2.61. The third-order valence-electron chi connectivity index (χ3n) is 5.36. The van der Waals surface area contributed by atoms with E-state index >= 15 is 0 Å². The summed E-state index contributed by atoms with van der Waals surface area (Å²) >= 11 is 0. The van der Waals surface area contributed by atoms with Gasteiger partial charge in [-0.3, -0.25) is 4.79 Å².